The van der Waals surface area contributed by atoms with E-state index in [-0.39, 0.29) is 35.1 Å². The van der Waals surface area contributed by atoms with Gasteiger partial charge in [0.2, 0.25) is 5.69 Å². The number of rotatable bonds is 6. The summed E-state index contributed by atoms with van der Waals surface area (Å²) in [6, 6.07) is 22.8. The molecule has 0 fully saturated rings. The maximum absolute atomic E-state index is 12.6. The van der Waals surface area contributed by atoms with Crippen LogP contribution in [0, 0.1) is 20.2 Å². The van der Waals surface area contributed by atoms with Crippen molar-refractivity contribution in [3.63, 3.8) is 0 Å². The summed E-state index contributed by atoms with van der Waals surface area (Å²) in [5.41, 5.74) is 1.79. The van der Waals surface area contributed by atoms with E-state index >= 15 is 0 Å². The molecule has 4 aromatic rings. The number of aromatic nitrogens is 1. The van der Waals surface area contributed by atoms with Crippen molar-refractivity contribution in [2.45, 2.75) is 0 Å². The molecule has 0 saturated heterocycles. The molecule has 0 spiro atoms. The van der Waals surface area contributed by atoms with Gasteiger partial charge < -0.3 is 12.4 Å². The van der Waals surface area contributed by atoms with E-state index in [1.54, 1.807) is 77.6 Å². The fraction of sp³-hybridized carbons (Fsp3) is 0. The molecule has 164 valence electrons. The van der Waals surface area contributed by atoms with Crippen molar-refractivity contribution < 1.29 is 31.6 Å². The van der Waals surface area contributed by atoms with Crippen LogP contribution in [0.3, 0.4) is 0 Å². The largest absolute Gasteiger partial charge is 1.00 e. The summed E-state index contributed by atoms with van der Waals surface area (Å²) in [6.07, 6.45) is 3.40. The molecule has 0 amide bonds. The zero-order valence-electron chi connectivity index (χ0n) is 17.0. The van der Waals surface area contributed by atoms with Crippen LogP contribution in [-0.4, -0.2) is 15.6 Å². The number of para-hydroxylation sites is 1. The number of non-ortho nitro benzene ring substituents is 1. The average Bonchev–Trinajstić information content (AvgIpc) is 2.84. The van der Waals surface area contributed by atoms with Gasteiger partial charge in [0.15, 0.2) is 18.2 Å². The van der Waals surface area contributed by atoms with Crippen molar-refractivity contribution in [3.05, 3.63) is 129 Å². The molecule has 0 aliphatic carbocycles. The average molecular weight is 462 g/mol. The van der Waals surface area contributed by atoms with Gasteiger partial charge in [0.1, 0.15) is 0 Å². The number of benzene rings is 3. The van der Waals surface area contributed by atoms with Gasteiger partial charge in [0.05, 0.1) is 27.0 Å². The molecule has 0 unspecified atom stereocenters. The van der Waals surface area contributed by atoms with Crippen molar-refractivity contribution in [2.24, 2.45) is 0 Å². The molecule has 3 aromatic carbocycles. The predicted molar refractivity (Wildman–Crippen MR) is 117 cm³/mol. The van der Waals surface area contributed by atoms with Crippen LogP contribution in [0.25, 0.3) is 16.8 Å². The van der Waals surface area contributed by atoms with Crippen molar-refractivity contribution in [2.75, 3.05) is 0 Å². The number of nitro benzene ring substituents is 2. The Kier molecular flexibility index (Phi) is 6.90. The standard InChI is InChI=1S/C24H16N3O5.ClH/c28-24(17-6-2-1-3-7-17)18-12-14-25(15-13-18)22-9-5-4-8-20(22)21-11-10-19(26(29)30)16-23(21)27(31)32;/h1-16H;1H/q+1;/p-1. The number of nitrogens with zero attached hydrogens (tertiary/aromatic N) is 3. The lowest BCUT2D eigenvalue weighted by Crippen LogP contribution is -3.00. The van der Waals surface area contributed by atoms with Gasteiger partial charge in [-0.15, -0.1) is 0 Å². The van der Waals surface area contributed by atoms with Crippen LogP contribution in [0.5, 0.6) is 0 Å². The second-order valence-corrected chi connectivity index (χ2v) is 6.92. The summed E-state index contributed by atoms with van der Waals surface area (Å²) in [4.78, 5) is 34.0. The van der Waals surface area contributed by atoms with Crippen LogP contribution in [-0.2, 0) is 0 Å². The first-order chi connectivity index (χ1) is 15.5. The minimum atomic E-state index is -0.667. The number of carbonyl (C=O) groups excluding carboxylic acids is 1. The van der Waals surface area contributed by atoms with Crippen molar-refractivity contribution in [1.29, 1.82) is 0 Å². The summed E-state index contributed by atoms with van der Waals surface area (Å²) < 4.78 is 1.74. The van der Waals surface area contributed by atoms with Crippen LogP contribution in [0.4, 0.5) is 11.4 Å². The fourth-order valence-electron chi connectivity index (χ4n) is 3.43. The van der Waals surface area contributed by atoms with E-state index in [9.17, 15) is 25.0 Å². The molecule has 0 aliphatic heterocycles. The Balaban J connectivity index is 0.00000306. The molecule has 0 aliphatic rings. The lowest BCUT2D eigenvalue weighted by molar-refractivity contribution is -0.595. The second-order valence-electron chi connectivity index (χ2n) is 6.92. The second kappa shape index (κ2) is 9.80. The lowest BCUT2D eigenvalue weighted by Gasteiger charge is -2.07. The Morgan fingerprint density at radius 3 is 1.94 bits per heavy atom. The Morgan fingerprint density at radius 1 is 0.697 bits per heavy atom. The van der Waals surface area contributed by atoms with Gasteiger partial charge in [0.25, 0.3) is 11.4 Å². The number of carbonyl (C=O) groups is 1. The molecule has 1 heterocycles. The molecule has 0 N–H and O–H groups in total. The number of halogens is 1. The van der Waals surface area contributed by atoms with E-state index in [2.05, 4.69) is 0 Å². The fourth-order valence-corrected chi connectivity index (χ4v) is 3.43. The summed E-state index contributed by atoms with van der Waals surface area (Å²) >= 11 is 0. The predicted octanol–water partition coefficient (Wildman–Crippen LogP) is 1.68. The van der Waals surface area contributed by atoms with Gasteiger partial charge in [-0.25, -0.2) is 0 Å². The van der Waals surface area contributed by atoms with Gasteiger partial charge in [-0.1, -0.05) is 42.5 Å². The van der Waals surface area contributed by atoms with Crippen LogP contribution in [0.1, 0.15) is 15.9 Å². The smallest absolute Gasteiger partial charge is 0.284 e. The molecule has 0 radical (unpaired) electrons. The normalized spacial score (nSPS) is 10.2. The van der Waals surface area contributed by atoms with Crippen LogP contribution < -0.4 is 17.0 Å². The minimum absolute atomic E-state index is 0. The lowest BCUT2D eigenvalue weighted by atomic mass is 10.0. The Morgan fingerprint density at radius 2 is 1.30 bits per heavy atom. The zero-order valence-corrected chi connectivity index (χ0v) is 17.8. The van der Waals surface area contributed by atoms with Crippen molar-refractivity contribution >= 4 is 17.2 Å². The Hall–Kier alpha value is -4.43. The highest BCUT2D eigenvalue weighted by atomic mass is 35.5. The number of hydrogen-bond acceptors (Lipinski definition) is 5. The van der Waals surface area contributed by atoms with Crippen molar-refractivity contribution in [1.82, 2.24) is 0 Å². The number of pyridine rings is 1. The maximum Gasteiger partial charge on any atom is 0.284 e. The summed E-state index contributed by atoms with van der Waals surface area (Å²) in [6.45, 7) is 0. The molecule has 1 aromatic heterocycles. The molecular formula is C24H16ClN3O5. The summed E-state index contributed by atoms with van der Waals surface area (Å²) in [7, 11) is 0. The van der Waals surface area contributed by atoms with Gasteiger partial charge in [-0.2, -0.15) is 4.57 Å². The monoisotopic (exact) mass is 461 g/mol. The van der Waals surface area contributed by atoms with E-state index in [0.717, 1.165) is 6.07 Å². The van der Waals surface area contributed by atoms with Crippen LogP contribution >= 0.6 is 0 Å². The van der Waals surface area contributed by atoms with Gasteiger partial charge in [-0.05, 0) is 12.1 Å². The number of hydrogen-bond donors (Lipinski definition) is 0. The molecule has 8 nitrogen and oxygen atoms in total. The SMILES string of the molecule is O=C(c1ccccc1)c1cc[n+](-c2ccccc2-c2ccc([N+](=O)[O-])cc2[N+](=O)[O-])cc1.[Cl-]. The van der Waals surface area contributed by atoms with Gasteiger partial charge in [0, 0.05) is 35.4 Å². The number of nitro groups is 2. The third kappa shape index (κ3) is 4.76. The van der Waals surface area contributed by atoms with E-state index in [1.807, 2.05) is 6.07 Å². The number of ketones is 1. The molecule has 0 atom stereocenters. The topological polar surface area (TPSA) is 107 Å². The maximum atomic E-state index is 12.6. The first kappa shape index (κ1) is 23.2. The first-order valence-corrected chi connectivity index (χ1v) is 9.59. The quantitative estimate of drug-likeness (QED) is 0.188. The Labute approximate surface area is 194 Å². The van der Waals surface area contributed by atoms with E-state index in [4.69, 9.17) is 0 Å². The minimum Gasteiger partial charge on any atom is -1.00 e. The highest BCUT2D eigenvalue weighted by Crippen LogP contribution is 2.35. The van der Waals surface area contributed by atoms with Crippen LogP contribution in [0.2, 0.25) is 0 Å². The highest BCUT2D eigenvalue weighted by molar-refractivity contribution is 6.08. The van der Waals surface area contributed by atoms with Gasteiger partial charge >= 0.3 is 0 Å². The third-order valence-electron chi connectivity index (χ3n) is 4.99. The molecule has 0 saturated carbocycles. The van der Waals surface area contributed by atoms with Gasteiger partial charge in [-0.3, -0.25) is 25.0 Å². The van der Waals surface area contributed by atoms with E-state index in [1.165, 1.54) is 12.1 Å². The van der Waals surface area contributed by atoms with E-state index < -0.39 is 9.85 Å². The van der Waals surface area contributed by atoms with Crippen LogP contribution in [0.15, 0.2) is 97.3 Å². The molecule has 4 rings (SSSR count). The third-order valence-corrected chi connectivity index (χ3v) is 4.99. The van der Waals surface area contributed by atoms with E-state index in [0.29, 0.717) is 22.4 Å². The zero-order chi connectivity index (χ0) is 22.7. The van der Waals surface area contributed by atoms with Crippen molar-refractivity contribution in [3.8, 4) is 16.8 Å². The Bertz CT molecular complexity index is 1340. The molecular weight excluding hydrogens is 446 g/mol. The molecule has 33 heavy (non-hydrogen) atoms. The molecule has 9 heteroatoms. The first-order valence-electron chi connectivity index (χ1n) is 9.59. The molecule has 0 bridgehead atoms. The summed E-state index contributed by atoms with van der Waals surface area (Å²) in [5.74, 6) is -0.114. The highest BCUT2D eigenvalue weighted by Gasteiger charge is 2.25. The summed E-state index contributed by atoms with van der Waals surface area (Å²) in [5, 5.41) is 22.7.